The maximum Gasteiger partial charge on any atom is 0.319 e. The summed E-state index contributed by atoms with van der Waals surface area (Å²) in [5.41, 5.74) is 0.227. The zero-order valence-electron chi connectivity index (χ0n) is 21.2. The van der Waals surface area contributed by atoms with Gasteiger partial charge in [-0.1, -0.05) is 44.2 Å². The highest BCUT2D eigenvalue weighted by Gasteiger charge is 2.69. The summed E-state index contributed by atoms with van der Waals surface area (Å²) < 4.78 is 11.2. The summed E-state index contributed by atoms with van der Waals surface area (Å²) in [4.78, 5) is 51.1. The smallest absolute Gasteiger partial charge is 0.319 e. The molecule has 1 heterocycles. The average molecular weight is 501 g/mol. The second-order valence-electron chi connectivity index (χ2n) is 11.6. The first kappa shape index (κ1) is 24.8. The normalized spacial score (nSPS) is 42.3. The zero-order valence-corrected chi connectivity index (χ0v) is 22.0. The largest absolute Gasteiger partial charge is 0.465 e. The molecule has 0 aromatic heterocycles. The maximum absolute atomic E-state index is 13.9. The molecule has 0 aromatic rings. The van der Waals surface area contributed by atoms with E-state index in [0.717, 1.165) is 49.4 Å². The Morgan fingerprint density at radius 3 is 2.54 bits per heavy atom. The molecule has 7 heteroatoms. The highest BCUT2D eigenvalue weighted by molar-refractivity contribution is 8.14. The van der Waals surface area contributed by atoms with Crippen molar-refractivity contribution < 1.29 is 28.7 Å². The Labute approximate surface area is 211 Å². The molecule has 7 atom stereocenters. The van der Waals surface area contributed by atoms with E-state index in [9.17, 15) is 19.2 Å². The van der Waals surface area contributed by atoms with Crippen LogP contribution in [0.4, 0.5) is 0 Å². The van der Waals surface area contributed by atoms with Crippen molar-refractivity contribution in [3.8, 4) is 0 Å². The SMILES string of the molecule is CCC(=O)O[C@]1(C(=O)S[C@H]2CCOC2=O)CC[C@H]2[C@@H]3CCC4=CC(=O)C(C)=C[C@]4(C)[C@H]3CC[C@@]21C. The minimum Gasteiger partial charge on any atom is -0.465 e. The third-order valence-electron chi connectivity index (χ3n) is 10.0. The van der Waals surface area contributed by atoms with Gasteiger partial charge in [-0.15, -0.1) is 0 Å². The van der Waals surface area contributed by atoms with Crippen molar-refractivity contribution in [2.24, 2.45) is 28.6 Å². The van der Waals surface area contributed by atoms with Crippen LogP contribution in [0.3, 0.4) is 0 Å². The Hall–Kier alpha value is -1.89. The lowest BCUT2D eigenvalue weighted by Gasteiger charge is -2.58. The molecule has 6 nitrogen and oxygen atoms in total. The van der Waals surface area contributed by atoms with Crippen molar-refractivity contribution in [3.05, 3.63) is 23.3 Å². The third kappa shape index (κ3) is 3.59. The molecule has 4 aliphatic carbocycles. The van der Waals surface area contributed by atoms with E-state index in [-0.39, 0.29) is 40.6 Å². The summed E-state index contributed by atoms with van der Waals surface area (Å²) in [6.07, 6.45) is 9.67. The van der Waals surface area contributed by atoms with E-state index in [4.69, 9.17) is 9.47 Å². The molecule has 0 unspecified atom stereocenters. The van der Waals surface area contributed by atoms with Gasteiger partial charge in [-0.25, -0.2) is 0 Å². The van der Waals surface area contributed by atoms with Crippen molar-refractivity contribution in [2.45, 2.75) is 89.9 Å². The Morgan fingerprint density at radius 1 is 1.11 bits per heavy atom. The molecule has 5 rings (SSSR count). The van der Waals surface area contributed by atoms with Crippen LogP contribution >= 0.6 is 11.8 Å². The zero-order chi connectivity index (χ0) is 25.2. The Kier molecular flexibility index (Phi) is 6.09. The summed E-state index contributed by atoms with van der Waals surface area (Å²) >= 11 is 1.02. The molecule has 1 aliphatic heterocycles. The van der Waals surface area contributed by atoms with Crippen molar-refractivity contribution in [1.29, 1.82) is 0 Å². The highest BCUT2D eigenvalue weighted by Crippen LogP contribution is 2.68. The van der Waals surface area contributed by atoms with Crippen molar-refractivity contribution in [2.75, 3.05) is 6.61 Å². The van der Waals surface area contributed by atoms with E-state index in [1.807, 2.05) is 13.0 Å². The van der Waals surface area contributed by atoms with Crippen LogP contribution < -0.4 is 0 Å². The van der Waals surface area contributed by atoms with E-state index in [1.165, 1.54) is 5.57 Å². The third-order valence-corrected chi connectivity index (χ3v) is 11.3. The maximum atomic E-state index is 13.9. The molecule has 0 N–H and O–H groups in total. The minimum absolute atomic E-state index is 0.121. The molecule has 0 bridgehead atoms. The summed E-state index contributed by atoms with van der Waals surface area (Å²) in [7, 11) is 0. The Morgan fingerprint density at radius 2 is 1.86 bits per heavy atom. The van der Waals surface area contributed by atoms with Crippen molar-refractivity contribution >= 4 is 34.6 Å². The summed E-state index contributed by atoms with van der Waals surface area (Å²) in [6.45, 7) is 8.42. The van der Waals surface area contributed by atoms with E-state index < -0.39 is 16.3 Å². The number of carbonyl (C=O) groups excluding carboxylic acids is 4. The monoisotopic (exact) mass is 500 g/mol. The quantitative estimate of drug-likeness (QED) is 0.505. The summed E-state index contributed by atoms with van der Waals surface area (Å²) in [5.74, 6) is 0.449. The van der Waals surface area contributed by atoms with E-state index >= 15 is 0 Å². The predicted molar refractivity (Wildman–Crippen MR) is 132 cm³/mol. The van der Waals surface area contributed by atoms with Gasteiger partial charge < -0.3 is 9.47 Å². The van der Waals surface area contributed by atoms with Gasteiger partial charge in [-0.3, -0.25) is 19.2 Å². The molecule has 0 radical (unpaired) electrons. The van der Waals surface area contributed by atoms with E-state index in [2.05, 4.69) is 19.9 Å². The topological polar surface area (TPSA) is 86.7 Å². The molecule has 0 amide bonds. The van der Waals surface area contributed by atoms with Gasteiger partial charge in [0, 0.05) is 23.7 Å². The lowest BCUT2D eigenvalue weighted by atomic mass is 9.47. The van der Waals surface area contributed by atoms with Crippen LogP contribution in [0, 0.1) is 28.6 Å². The van der Waals surface area contributed by atoms with Gasteiger partial charge >= 0.3 is 11.9 Å². The van der Waals surface area contributed by atoms with E-state index in [0.29, 0.717) is 31.3 Å². The second-order valence-corrected chi connectivity index (χ2v) is 12.7. The molecule has 1 saturated heterocycles. The van der Waals surface area contributed by atoms with Crippen LogP contribution in [0.2, 0.25) is 0 Å². The molecule has 4 fully saturated rings. The van der Waals surface area contributed by atoms with Gasteiger partial charge in [0.25, 0.3) is 0 Å². The van der Waals surface area contributed by atoms with Gasteiger partial charge in [0.15, 0.2) is 11.4 Å². The number of hydrogen-bond acceptors (Lipinski definition) is 7. The summed E-state index contributed by atoms with van der Waals surface area (Å²) in [5, 5.41) is -0.707. The van der Waals surface area contributed by atoms with Crippen LogP contribution in [0.15, 0.2) is 23.3 Å². The van der Waals surface area contributed by atoms with Crippen molar-refractivity contribution in [1.82, 2.24) is 0 Å². The fraction of sp³-hybridized carbons (Fsp3) is 0.714. The fourth-order valence-corrected chi connectivity index (χ4v) is 9.31. The lowest BCUT2D eigenvalue weighted by Crippen LogP contribution is -2.58. The highest BCUT2D eigenvalue weighted by atomic mass is 32.2. The number of fused-ring (bicyclic) bond motifs is 5. The molecular formula is C28H36O6S. The number of carbonyl (C=O) groups is 4. The number of ketones is 1. The molecule has 190 valence electrons. The number of hydrogen-bond donors (Lipinski definition) is 0. The first-order valence-electron chi connectivity index (χ1n) is 13.1. The molecule has 3 saturated carbocycles. The van der Waals surface area contributed by atoms with Crippen molar-refractivity contribution in [3.63, 3.8) is 0 Å². The predicted octanol–water partition coefficient (Wildman–Crippen LogP) is 4.95. The van der Waals surface area contributed by atoms with Gasteiger partial charge in [0.1, 0.15) is 5.25 Å². The number of cyclic esters (lactones) is 1. The van der Waals surface area contributed by atoms with Crippen LogP contribution in [0.1, 0.15) is 79.1 Å². The van der Waals surface area contributed by atoms with Gasteiger partial charge in [-0.05, 0) is 74.9 Å². The van der Waals surface area contributed by atoms with Gasteiger partial charge in [-0.2, -0.15) is 0 Å². The average Bonchev–Trinajstić information content (AvgIpc) is 3.35. The second kappa shape index (κ2) is 8.60. The lowest BCUT2D eigenvalue weighted by molar-refractivity contribution is -0.184. The number of thioether (sulfide) groups is 1. The van der Waals surface area contributed by atoms with Crippen LogP contribution in [-0.2, 0) is 28.7 Å². The molecule has 0 spiro atoms. The Balaban J connectivity index is 1.48. The molecule has 5 aliphatic rings. The number of ether oxygens (including phenoxy) is 2. The fourth-order valence-electron chi connectivity index (χ4n) is 8.10. The van der Waals surface area contributed by atoms with Gasteiger partial charge in [0.05, 0.1) is 6.61 Å². The number of rotatable bonds is 4. The van der Waals surface area contributed by atoms with Crippen LogP contribution in [-0.4, -0.2) is 40.3 Å². The minimum atomic E-state index is -1.21. The number of esters is 2. The van der Waals surface area contributed by atoms with Crippen LogP contribution in [0.5, 0.6) is 0 Å². The molecule has 0 aromatic carbocycles. The molecule has 35 heavy (non-hydrogen) atoms. The summed E-state index contributed by atoms with van der Waals surface area (Å²) in [6, 6.07) is 0. The van der Waals surface area contributed by atoms with Gasteiger partial charge in [0.2, 0.25) is 5.12 Å². The first-order chi connectivity index (χ1) is 16.6. The standard InChI is InChI=1S/C28H36O6S/c1-5-23(30)34-28(25(32)35-22-10-13-33-24(22)31)12-9-20-18-7-6-17-14-21(29)16(2)15-26(17,3)19(18)8-11-27(20,28)4/h14-15,18-20,22H,5-13H2,1-4H3/t18-,19+,20+,22+,26+,27+,28+/m1/s1. The van der Waals surface area contributed by atoms with Crippen LogP contribution in [0.25, 0.3) is 0 Å². The number of allylic oxidation sites excluding steroid dienone is 4. The molecular weight excluding hydrogens is 464 g/mol. The van der Waals surface area contributed by atoms with E-state index in [1.54, 1.807) is 6.92 Å². The Bertz CT molecular complexity index is 1040. The first-order valence-corrected chi connectivity index (χ1v) is 14.0.